The van der Waals surface area contributed by atoms with Crippen LogP contribution < -0.4 is 14.8 Å². The smallest absolute Gasteiger partial charge is 0.408 e. The average molecular weight is 387 g/mol. The fraction of sp³-hybridized carbons (Fsp3) is 0.333. The Labute approximate surface area is 164 Å². The second kappa shape index (κ2) is 10.3. The lowest BCUT2D eigenvalue weighted by atomic mass is 10.00. The number of alkyl carbamates (subject to hydrolysis) is 1. The number of aliphatic hydroxyl groups is 1. The first-order chi connectivity index (χ1) is 13.4. The van der Waals surface area contributed by atoms with Crippen LogP contribution in [0.5, 0.6) is 11.5 Å². The number of rotatable bonds is 8. The van der Waals surface area contributed by atoms with Crippen LogP contribution >= 0.6 is 0 Å². The summed E-state index contributed by atoms with van der Waals surface area (Å²) in [6.07, 6.45) is -1.96. The molecular formula is C21H25NO6. The molecule has 0 heterocycles. The Hall–Kier alpha value is -3.06. The number of esters is 1. The van der Waals surface area contributed by atoms with E-state index in [1.165, 1.54) is 7.11 Å². The van der Waals surface area contributed by atoms with Crippen molar-refractivity contribution in [1.82, 2.24) is 5.32 Å². The number of hydrogen-bond donors (Lipinski definition) is 2. The van der Waals surface area contributed by atoms with Gasteiger partial charge < -0.3 is 24.6 Å². The molecule has 0 aromatic heterocycles. The van der Waals surface area contributed by atoms with Gasteiger partial charge in [-0.15, -0.1) is 0 Å². The molecule has 2 N–H and O–H groups in total. The van der Waals surface area contributed by atoms with Crippen molar-refractivity contribution in [2.75, 3.05) is 7.11 Å². The summed E-state index contributed by atoms with van der Waals surface area (Å²) in [6.45, 7) is 3.51. The van der Waals surface area contributed by atoms with Gasteiger partial charge in [-0.1, -0.05) is 44.2 Å². The zero-order chi connectivity index (χ0) is 20.5. The number of carbonyl (C=O) groups excluding carboxylic acids is 2. The quantitative estimate of drug-likeness (QED) is 0.534. The Kier molecular flexibility index (Phi) is 7.83. The van der Waals surface area contributed by atoms with E-state index in [2.05, 4.69) is 5.32 Å². The third kappa shape index (κ3) is 6.28. The topological polar surface area (TPSA) is 94.1 Å². The van der Waals surface area contributed by atoms with Crippen molar-refractivity contribution in [2.45, 2.75) is 32.6 Å². The number of amides is 1. The number of aliphatic hydroxyl groups excluding tert-OH is 1. The molecule has 7 heteroatoms. The zero-order valence-electron chi connectivity index (χ0n) is 16.1. The van der Waals surface area contributed by atoms with Crippen molar-refractivity contribution >= 4 is 12.1 Å². The molecule has 0 radical (unpaired) electrons. The lowest BCUT2D eigenvalue weighted by Crippen LogP contribution is -2.52. The minimum atomic E-state index is -1.27. The molecule has 0 saturated heterocycles. The number of benzene rings is 2. The van der Waals surface area contributed by atoms with Gasteiger partial charge in [0.15, 0.2) is 6.04 Å². The highest BCUT2D eigenvalue weighted by molar-refractivity contribution is 5.83. The molecule has 2 aromatic carbocycles. The normalized spacial score (nSPS) is 12.8. The Bertz CT molecular complexity index is 760. The van der Waals surface area contributed by atoms with Gasteiger partial charge in [0.2, 0.25) is 0 Å². The van der Waals surface area contributed by atoms with Crippen LogP contribution in [0.1, 0.15) is 19.4 Å². The first-order valence-corrected chi connectivity index (χ1v) is 8.91. The minimum absolute atomic E-state index is 0.0463. The van der Waals surface area contributed by atoms with E-state index < -0.39 is 24.2 Å². The van der Waals surface area contributed by atoms with Gasteiger partial charge in [-0.25, -0.2) is 9.59 Å². The van der Waals surface area contributed by atoms with Crippen LogP contribution in [0.4, 0.5) is 4.79 Å². The highest BCUT2D eigenvalue weighted by Crippen LogP contribution is 2.18. The Morgan fingerprint density at radius 2 is 1.61 bits per heavy atom. The molecule has 150 valence electrons. The first kappa shape index (κ1) is 21.2. The summed E-state index contributed by atoms with van der Waals surface area (Å²) in [6, 6.07) is 14.3. The Morgan fingerprint density at radius 1 is 1.00 bits per heavy atom. The van der Waals surface area contributed by atoms with E-state index in [9.17, 15) is 14.7 Å². The van der Waals surface area contributed by atoms with Gasteiger partial charge >= 0.3 is 12.1 Å². The van der Waals surface area contributed by atoms with Gasteiger partial charge in [0.25, 0.3) is 0 Å². The van der Waals surface area contributed by atoms with Crippen molar-refractivity contribution in [3.63, 3.8) is 0 Å². The zero-order valence-corrected chi connectivity index (χ0v) is 16.1. The largest absolute Gasteiger partial charge is 0.497 e. The molecule has 0 spiro atoms. The Balaban J connectivity index is 2.01. The van der Waals surface area contributed by atoms with Gasteiger partial charge in [-0.05, 0) is 35.7 Å². The van der Waals surface area contributed by atoms with Gasteiger partial charge in [0.1, 0.15) is 18.1 Å². The minimum Gasteiger partial charge on any atom is -0.497 e. The average Bonchev–Trinajstić information content (AvgIpc) is 2.71. The van der Waals surface area contributed by atoms with Gasteiger partial charge in [0.05, 0.1) is 13.2 Å². The molecule has 1 amide bonds. The van der Waals surface area contributed by atoms with E-state index in [0.717, 1.165) is 5.56 Å². The number of hydrogen-bond acceptors (Lipinski definition) is 6. The predicted molar refractivity (Wildman–Crippen MR) is 103 cm³/mol. The summed E-state index contributed by atoms with van der Waals surface area (Å²) in [5.41, 5.74) is 0.805. The lowest BCUT2D eigenvalue weighted by Gasteiger charge is -2.24. The molecular weight excluding hydrogens is 362 g/mol. The second-order valence-corrected chi connectivity index (χ2v) is 6.51. The van der Waals surface area contributed by atoms with Crippen molar-refractivity contribution in [3.05, 3.63) is 60.2 Å². The maximum absolute atomic E-state index is 12.5. The van der Waals surface area contributed by atoms with Crippen LogP contribution in [-0.4, -0.2) is 36.4 Å². The molecule has 2 aromatic rings. The monoisotopic (exact) mass is 387 g/mol. The molecule has 0 bridgehead atoms. The molecule has 7 nitrogen and oxygen atoms in total. The number of nitrogens with one attached hydrogen (secondary N) is 1. The fourth-order valence-electron chi connectivity index (χ4n) is 2.38. The third-order valence-corrected chi connectivity index (χ3v) is 4.04. The number of carbonyl (C=O) groups is 2. The lowest BCUT2D eigenvalue weighted by molar-refractivity contribution is -0.140. The Morgan fingerprint density at radius 3 is 2.18 bits per heavy atom. The SMILES string of the molecule is COc1ccc(OC(=O)[C@H](NC(=O)OCc2ccccc2)[C@@H](O)C(C)C)cc1. The molecule has 0 aliphatic heterocycles. The predicted octanol–water partition coefficient (Wildman–Crippen LogP) is 2.91. The van der Waals surface area contributed by atoms with Gasteiger partial charge in [-0.3, -0.25) is 0 Å². The maximum Gasteiger partial charge on any atom is 0.408 e. The number of methoxy groups -OCH3 is 1. The molecule has 2 rings (SSSR count). The van der Waals surface area contributed by atoms with Crippen molar-refractivity contribution in [2.24, 2.45) is 5.92 Å². The van der Waals surface area contributed by atoms with Crippen LogP contribution in [0.2, 0.25) is 0 Å². The van der Waals surface area contributed by atoms with Crippen LogP contribution in [0.25, 0.3) is 0 Å². The molecule has 0 unspecified atom stereocenters. The third-order valence-electron chi connectivity index (χ3n) is 4.04. The summed E-state index contributed by atoms with van der Waals surface area (Å²) in [5.74, 6) is -0.196. The maximum atomic E-state index is 12.5. The molecule has 0 saturated carbocycles. The van der Waals surface area contributed by atoms with Crippen LogP contribution in [0, 0.1) is 5.92 Å². The molecule has 28 heavy (non-hydrogen) atoms. The van der Waals surface area contributed by atoms with E-state index in [0.29, 0.717) is 5.75 Å². The molecule has 0 aliphatic rings. The van der Waals surface area contributed by atoms with E-state index in [-0.39, 0.29) is 18.3 Å². The van der Waals surface area contributed by atoms with Gasteiger partial charge in [-0.2, -0.15) is 0 Å². The summed E-state index contributed by atoms with van der Waals surface area (Å²) >= 11 is 0. The van der Waals surface area contributed by atoms with Crippen molar-refractivity contribution in [1.29, 1.82) is 0 Å². The second-order valence-electron chi connectivity index (χ2n) is 6.51. The van der Waals surface area contributed by atoms with Crippen LogP contribution in [-0.2, 0) is 16.1 Å². The van der Waals surface area contributed by atoms with E-state index in [1.54, 1.807) is 38.1 Å². The summed E-state index contributed by atoms with van der Waals surface area (Å²) in [7, 11) is 1.53. The van der Waals surface area contributed by atoms with E-state index >= 15 is 0 Å². The summed E-state index contributed by atoms with van der Waals surface area (Å²) in [5, 5.41) is 12.8. The highest BCUT2D eigenvalue weighted by atomic mass is 16.6. The standard InChI is InChI=1S/C21H25NO6/c1-14(2)19(23)18(20(24)28-17-11-9-16(26-3)10-12-17)22-21(25)27-13-15-7-5-4-6-8-15/h4-12,14,18-19,23H,13H2,1-3H3,(H,22,25)/t18-,19+/m1/s1. The molecule has 2 atom stereocenters. The number of ether oxygens (including phenoxy) is 3. The van der Waals surface area contributed by atoms with E-state index in [1.807, 2.05) is 30.3 Å². The summed E-state index contributed by atoms with van der Waals surface area (Å²) < 4.78 is 15.5. The van der Waals surface area contributed by atoms with Crippen molar-refractivity contribution < 1.29 is 28.9 Å². The summed E-state index contributed by atoms with van der Waals surface area (Å²) in [4.78, 5) is 24.7. The van der Waals surface area contributed by atoms with E-state index in [4.69, 9.17) is 14.2 Å². The molecule has 0 fully saturated rings. The van der Waals surface area contributed by atoms with Crippen LogP contribution in [0.3, 0.4) is 0 Å². The van der Waals surface area contributed by atoms with Crippen molar-refractivity contribution in [3.8, 4) is 11.5 Å². The first-order valence-electron chi connectivity index (χ1n) is 8.91. The highest BCUT2D eigenvalue weighted by Gasteiger charge is 2.33. The van der Waals surface area contributed by atoms with Crippen LogP contribution in [0.15, 0.2) is 54.6 Å². The van der Waals surface area contributed by atoms with Gasteiger partial charge in [0, 0.05) is 0 Å². The molecule has 0 aliphatic carbocycles. The fourth-order valence-corrected chi connectivity index (χ4v) is 2.38.